The van der Waals surface area contributed by atoms with E-state index >= 15 is 0 Å². The summed E-state index contributed by atoms with van der Waals surface area (Å²) >= 11 is 0. The highest BCUT2D eigenvalue weighted by Gasteiger charge is 2.20. The van der Waals surface area contributed by atoms with Gasteiger partial charge in [-0.15, -0.1) is 0 Å². The van der Waals surface area contributed by atoms with Crippen LogP contribution in [0.4, 0.5) is 5.69 Å². The first-order valence-electron chi connectivity index (χ1n) is 10.8. The van der Waals surface area contributed by atoms with E-state index in [0.717, 1.165) is 47.1 Å². The normalized spacial score (nSPS) is 13.7. The lowest BCUT2D eigenvalue weighted by atomic mass is 9.94. The van der Waals surface area contributed by atoms with Crippen LogP contribution in [0.3, 0.4) is 0 Å². The van der Waals surface area contributed by atoms with Crippen LogP contribution in [-0.2, 0) is 17.6 Å². The molecule has 5 heteroatoms. The molecule has 0 aliphatic heterocycles. The number of allylic oxidation sites excluding steroid dienone is 1. The smallest absolute Gasteiger partial charge is 0.248 e. The monoisotopic (exact) mass is 417 g/mol. The lowest BCUT2D eigenvalue weighted by Crippen LogP contribution is -2.09. The summed E-state index contributed by atoms with van der Waals surface area (Å²) in [5.41, 5.74) is 5.10. The molecular formula is C26H27NO4. The zero-order chi connectivity index (χ0) is 22.0. The molecule has 1 aromatic heterocycles. The number of ketones is 1. The second-order valence-electron chi connectivity index (χ2n) is 7.94. The van der Waals surface area contributed by atoms with E-state index in [1.165, 1.54) is 18.9 Å². The number of amides is 1. The third kappa shape index (κ3) is 4.41. The minimum Gasteiger partial charge on any atom is -0.493 e. The number of aryl methyl sites for hydroxylation is 2. The molecule has 1 amide bonds. The Morgan fingerprint density at radius 1 is 1.10 bits per heavy atom. The first-order chi connectivity index (χ1) is 15.0. The number of rotatable bonds is 6. The van der Waals surface area contributed by atoms with Crippen molar-refractivity contribution < 1.29 is 18.7 Å². The fourth-order valence-electron chi connectivity index (χ4n) is 4.11. The molecule has 0 bridgehead atoms. The highest BCUT2D eigenvalue weighted by molar-refractivity contribution is 6.05. The lowest BCUT2D eigenvalue weighted by Gasteiger charge is -2.12. The zero-order valence-electron chi connectivity index (χ0n) is 18.2. The van der Waals surface area contributed by atoms with Crippen LogP contribution in [0, 0.1) is 0 Å². The van der Waals surface area contributed by atoms with Crippen molar-refractivity contribution >= 4 is 33.9 Å². The molecule has 0 spiro atoms. The lowest BCUT2D eigenvalue weighted by molar-refractivity contribution is -0.111. The van der Waals surface area contributed by atoms with Gasteiger partial charge < -0.3 is 14.5 Å². The maximum atomic E-state index is 12.6. The van der Waals surface area contributed by atoms with Gasteiger partial charge in [0, 0.05) is 46.3 Å². The molecule has 0 fully saturated rings. The van der Waals surface area contributed by atoms with Crippen LogP contribution in [0.5, 0.6) is 5.75 Å². The maximum Gasteiger partial charge on any atom is 0.248 e. The third-order valence-electron chi connectivity index (χ3n) is 5.69. The average Bonchev–Trinajstić information content (AvgIpc) is 3.11. The van der Waals surface area contributed by atoms with Gasteiger partial charge >= 0.3 is 0 Å². The standard InChI is InChI=1S/C26H27NO4/c1-4-30-24-15-25-22(20-7-5-6-8-23(20)31-25)14-21(24)16(2)13-26(29)27-19-11-9-18(10-12-19)17(3)28/h9-15H,4-8H2,1-3H3,(H,27,29)/b16-13+. The Hall–Kier alpha value is -3.34. The Kier molecular flexibility index (Phi) is 5.94. The van der Waals surface area contributed by atoms with Crippen molar-refractivity contribution in [2.75, 3.05) is 11.9 Å². The van der Waals surface area contributed by atoms with Crippen LogP contribution in [0.25, 0.3) is 16.5 Å². The van der Waals surface area contributed by atoms with Gasteiger partial charge in [0.15, 0.2) is 5.78 Å². The van der Waals surface area contributed by atoms with E-state index < -0.39 is 0 Å². The van der Waals surface area contributed by atoms with Crippen LogP contribution < -0.4 is 10.1 Å². The van der Waals surface area contributed by atoms with Crippen molar-refractivity contribution in [2.24, 2.45) is 0 Å². The number of carbonyl (C=O) groups is 2. The predicted octanol–water partition coefficient (Wildman–Crippen LogP) is 5.95. The number of hydrogen-bond donors (Lipinski definition) is 1. The van der Waals surface area contributed by atoms with E-state index in [1.807, 2.05) is 19.9 Å². The fraction of sp³-hybridized carbons (Fsp3) is 0.308. The number of ether oxygens (including phenoxy) is 1. The van der Waals surface area contributed by atoms with Crippen molar-refractivity contribution in [3.8, 4) is 5.75 Å². The Bertz CT molecular complexity index is 1170. The molecule has 0 radical (unpaired) electrons. The molecule has 0 saturated heterocycles. The van der Waals surface area contributed by atoms with E-state index in [2.05, 4.69) is 11.4 Å². The van der Waals surface area contributed by atoms with Crippen LogP contribution in [0.2, 0.25) is 0 Å². The molecule has 5 nitrogen and oxygen atoms in total. The van der Waals surface area contributed by atoms with Gasteiger partial charge in [-0.25, -0.2) is 0 Å². The number of fused-ring (bicyclic) bond motifs is 3. The van der Waals surface area contributed by atoms with E-state index in [-0.39, 0.29) is 11.7 Å². The van der Waals surface area contributed by atoms with Gasteiger partial charge in [0.25, 0.3) is 0 Å². The van der Waals surface area contributed by atoms with Gasteiger partial charge in [-0.3, -0.25) is 9.59 Å². The first-order valence-corrected chi connectivity index (χ1v) is 10.8. The molecule has 1 aliphatic carbocycles. The molecule has 0 unspecified atom stereocenters. The van der Waals surface area contributed by atoms with Gasteiger partial charge in [-0.2, -0.15) is 0 Å². The van der Waals surface area contributed by atoms with Gasteiger partial charge in [0.2, 0.25) is 5.91 Å². The van der Waals surface area contributed by atoms with E-state index in [9.17, 15) is 9.59 Å². The average molecular weight is 418 g/mol. The fourth-order valence-corrected chi connectivity index (χ4v) is 4.11. The summed E-state index contributed by atoms with van der Waals surface area (Å²) in [5.74, 6) is 1.56. The summed E-state index contributed by atoms with van der Waals surface area (Å²) in [7, 11) is 0. The van der Waals surface area contributed by atoms with E-state index in [4.69, 9.17) is 9.15 Å². The molecule has 4 rings (SSSR count). The van der Waals surface area contributed by atoms with Crippen molar-refractivity contribution in [1.29, 1.82) is 0 Å². The van der Waals surface area contributed by atoms with Crippen LogP contribution in [-0.4, -0.2) is 18.3 Å². The number of Topliss-reactive ketones (excluding diaryl/α,β-unsaturated/α-hetero) is 1. The minimum absolute atomic E-state index is 0.00565. The summed E-state index contributed by atoms with van der Waals surface area (Å²) in [6.45, 7) is 5.90. The van der Waals surface area contributed by atoms with Gasteiger partial charge in [-0.1, -0.05) is 0 Å². The first kappa shape index (κ1) is 20.9. The number of benzene rings is 2. The maximum absolute atomic E-state index is 12.6. The highest BCUT2D eigenvalue weighted by atomic mass is 16.5. The number of furan rings is 1. The number of carbonyl (C=O) groups excluding carboxylic acids is 2. The molecule has 3 aromatic rings. The summed E-state index contributed by atoms with van der Waals surface area (Å²) < 4.78 is 12.0. The largest absolute Gasteiger partial charge is 0.493 e. The second kappa shape index (κ2) is 8.80. The number of anilines is 1. The second-order valence-corrected chi connectivity index (χ2v) is 7.94. The molecule has 1 heterocycles. The highest BCUT2D eigenvalue weighted by Crippen LogP contribution is 2.38. The molecular weight excluding hydrogens is 390 g/mol. The van der Waals surface area contributed by atoms with E-state index in [0.29, 0.717) is 23.6 Å². The Morgan fingerprint density at radius 3 is 2.55 bits per heavy atom. The van der Waals surface area contributed by atoms with Crippen molar-refractivity contribution in [3.63, 3.8) is 0 Å². The summed E-state index contributed by atoms with van der Waals surface area (Å²) in [4.78, 5) is 24.0. The van der Waals surface area contributed by atoms with E-state index in [1.54, 1.807) is 30.3 Å². The van der Waals surface area contributed by atoms with Crippen molar-refractivity contribution in [3.05, 3.63) is 64.9 Å². The summed E-state index contributed by atoms with van der Waals surface area (Å²) in [5, 5.41) is 3.97. The Labute approximate surface area is 182 Å². The zero-order valence-corrected chi connectivity index (χ0v) is 18.2. The molecule has 160 valence electrons. The van der Waals surface area contributed by atoms with Crippen LogP contribution in [0.15, 0.2) is 46.9 Å². The van der Waals surface area contributed by atoms with Crippen molar-refractivity contribution in [2.45, 2.75) is 46.5 Å². The number of hydrogen-bond acceptors (Lipinski definition) is 4. The third-order valence-corrected chi connectivity index (χ3v) is 5.69. The number of nitrogens with one attached hydrogen (secondary N) is 1. The summed E-state index contributed by atoms with van der Waals surface area (Å²) in [6, 6.07) is 10.9. The molecule has 2 aromatic carbocycles. The molecule has 31 heavy (non-hydrogen) atoms. The topological polar surface area (TPSA) is 68.5 Å². The molecule has 1 N–H and O–H groups in total. The molecule has 0 saturated carbocycles. The van der Waals surface area contributed by atoms with Crippen LogP contribution >= 0.6 is 0 Å². The van der Waals surface area contributed by atoms with Gasteiger partial charge in [0.05, 0.1) is 6.61 Å². The van der Waals surface area contributed by atoms with Crippen LogP contribution in [0.1, 0.15) is 60.9 Å². The van der Waals surface area contributed by atoms with Gasteiger partial charge in [0.1, 0.15) is 17.1 Å². The SMILES string of the molecule is CCOc1cc2oc3c(c2cc1/C(C)=C/C(=O)Nc1ccc(C(C)=O)cc1)CCCC3. The molecule has 1 aliphatic rings. The quantitative estimate of drug-likeness (QED) is 0.397. The Morgan fingerprint density at radius 2 is 1.84 bits per heavy atom. The minimum atomic E-state index is -0.232. The summed E-state index contributed by atoms with van der Waals surface area (Å²) in [6.07, 6.45) is 5.90. The molecule has 0 atom stereocenters. The van der Waals surface area contributed by atoms with Gasteiger partial charge in [-0.05, 0) is 75.9 Å². The predicted molar refractivity (Wildman–Crippen MR) is 123 cm³/mol. The Balaban J connectivity index is 1.63. The van der Waals surface area contributed by atoms with Crippen molar-refractivity contribution in [1.82, 2.24) is 0 Å².